The quantitative estimate of drug-likeness (QED) is 0.530. The van der Waals surface area contributed by atoms with Crippen LogP contribution in [0, 0.1) is 5.92 Å². The molecule has 3 nitrogen and oxygen atoms in total. The van der Waals surface area contributed by atoms with Crippen molar-refractivity contribution in [2.45, 2.75) is 56.8 Å². The summed E-state index contributed by atoms with van der Waals surface area (Å²) in [7, 11) is 2.17. The van der Waals surface area contributed by atoms with Crippen molar-refractivity contribution >= 4 is 9.28 Å². The minimum Gasteiger partial charge on any atom is -0.400 e. The highest BCUT2D eigenvalue weighted by Gasteiger charge is 2.44. The molecule has 0 spiro atoms. The Morgan fingerprint density at radius 1 is 1.25 bits per heavy atom. The molecule has 1 saturated heterocycles. The average Bonchev–Trinajstić information content (AvgIpc) is 3.07. The summed E-state index contributed by atoms with van der Waals surface area (Å²) in [5.74, 6) is 0.842. The van der Waals surface area contributed by atoms with Gasteiger partial charge in [-0.2, -0.15) is 0 Å². The zero-order chi connectivity index (χ0) is 11.5. The molecule has 2 aliphatic rings. The van der Waals surface area contributed by atoms with Crippen LogP contribution in [-0.2, 0) is 13.6 Å². The second-order valence-electron chi connectivity index (χ2n) is 5.14. The highest BCUT2D eigenvalue weighted by Crippen LogP contribution is 2.43. The van der Waals surface area contributed by atoms with E-state index in [0.717, 1.165) is 5.92 Å². The number of hydrogen-bond acceptors (Lipinski definition) is 3. The SMILES string of the molecule is CCC(CC1CCC2OC2C1)[SiH](OC)OC. The van der Waals surface area contributed by atoms with Gasteiger partial charge in [0.25, 0.3) is 0 Å². The number of hydrogen-bond donors (Lipinski definition) is 0. The summed E-state index contributed by atoms with van der Waals surface area (Å²) in [5, 5.41) is 0. The second kappa shape index (κ2) is 5.62. The molecule has 0 bridgehead atoms. The smallest absolute Gasteiger partial charge is 0.324 e. The van der Waals surface area contributed by atoms with Gasteiger partial charge in [0.05, 0.1) is 12.2 Å². The number of ether oxygens (including phenoxy) is 1. The summed E-state index contributed by atoms with van der Waals surface area (Å²) >= 11 is 0. The van der Waals surface area contributed by atoms with Gasteiger partial charge < -0.3 is 13.6 Å². The first-order valence-corrected chi connectivity index (χ1v) is 8.10. The van der Waals surface area contributed by atoms with E-state index in [1.54, 1.807) is 14.2 Å². The Labute approximate surface area is 100 Å². The molecule has 1 aliphatic heterocycles. The van der Waals surface area contributed by atoms with Gasteiger partial charge >= 0.3 is 9.28 Å². The topological polar surface area (TPSA) is 31.0 Å². The fraction of sp³-hybridized carbons (Fsp3) is 1.00. The summed E-state index contributed by atoms with van der Waals surface area (Å²) in [4.78, 5) is 0. The van der Waals surface area contributed by atoms with Crippen LogP contribution in [0.3, 0.4) is 0 Å². The van der Waals surface area contributed by atoms with Crippen molar-refractivity contribution in [3.63, 3.8) is 0 Å². The van der Waals surface area contributed by atoms with E-state index in [9.17, 15) is 0 Å². The molecule has 0 aromatic carbocycles. The normalized spacial score (nSPS) is 34.9. The molecule has 4 atom stereocenters. The van der Waals surface area contributed by atoms with Gasteiger partial charge in [-0.15, -0.1) is 0 Å². The van der Waals surface area contributed by atoms with Crippen LogP contribution in [0.4, 0.5) is 0 Å². The molecule has 16 heavy (non-hydrogen) atoms. The van der Waals surface area contributed by atoms with Gasteiger partial charge in [0.15, 0.2) is 0 Å². The van der Waals surface area contributed by atoms with Crippen molar-refractivity contribution in [1.29, 1.82) is 0 Å². The lowest BCUT2D eigenvalue weighted by Gasteiger charge is -2.27. The molecule has 4 heteroatoms. The van der Waals surface area contributed by atoms with Gasteiger partial charge in [-0.05, 0) is 37.1 Å². The van der Waals surface area contributed by atoms with Gasteiger partial charge in [0.1, 0.15) is 0 Å². The highest BCUT2D eigenvalue weighted by atomic mass is 28.3. The zero-order valence-corrected chi connectivity index (χ0v) is 11.8. The summed E-state index contributed by atoms with van der Waals surface area (Å²) in [6.45, 7) is 2.25. The van der Waals surface area contributed by atoms with Crippen molar-refractivity contribution in [3.8, 4) is 0 Å². The van der Waals surface area contributed by atoms with E-state index >= 15 is 0 Å². The summed E-state index contributed by atoms with van der Waals surface area (Å²) < 4.78 is 16.6. The second-order valence-corrected chi connectivity index (χ2v) is 7.76. The lowest BCUT2D eigenvalue weighted by atomic mass is 9.86. The van der Waals surface area contributed by atoms with E-state index in [1.165, 1.54) is 32.1 Å². The first kappa shape index (κ1) is 12.6. The molecular weight excluding hydrogens is 220 g/mol. The van der Waals surface area contributed by atoms with Crippen LogP contribution in [0.15, 0.2) is 0 Å². The van der Waals surface area contributed by atoms with E-state index in [4.69, 9.17) is 13.6 Å². The van der Waals surface area contributed by atoms with Crippen LogP contribution in [0.2, 0.25) is 5.54 Å². The van der Waals surface area contributed by atoms with Crippen molar-refractivity contribution < 1.29 is 13.6 Å². The summed E-state index contributed by atoms with van der Waals surface area (Å²) in [6.07, 6.45) is 7.57. The fourth-order valence-electron chi connectivity index (χ4n) is 3.08. The monoisotopic (exact) mass is 244 g/mol. The molecule has 1 aliphatic carbocycles. The van der Waals surface area contributed by atoms with E-state index < -0.39 is 9.28 Å². The molecule has 0 aromatic heterocycles. The third-order valence-electron chi connectivity index (χ3n) is 4.12. The van der Waals surface area contributed by atoms with Gasteiger partial charge in [0, 0.05) is 14.2 Å². The van der Waals surface area contributed by atoms with Crippen LogP contribution in [0.1, 0.15) is 39.0 Å². The highest BCUT2D eigenvalue weighted by molar-refractivity contribution is 6.46. The first-order chi connectivity index (χ1) is 7.78. The van der Waals surface area contributed by atoms with Crippen molar-refractivity contribution in [3.05, 3.63) is 0 Å². The molecule has 1 saturated carbocycles. The maximum atomic E-state index is 5.59. The number of rotatable bonds is 6. The largest absolute Gasteiger partial charge is 0.400 e. The Balaban J connectivity index is 1.80. The van der Waals surface area contributed by atoms with Crippen molar-refractivity contribution in [2.75, 3.05) is 14.2 Å². The van der Waals surface area contributed by atoms with Gasteiger partial charge in [-0.25, -0.2) is 0 Å². The average molecular weight is 244 g/mol. The van der Waals surface area contributed by atoms with Crippen LogP contribution in [0.5, 0.6) is 0 Å². The Morgan fingerprint density at radius 3 is 2.56 bits per heavy atom. The van der Waals surface area contributed by atoms with E-state index in [0.29, 0.717) is 17.7 Å². The maximum absolute atomic E-state index is 5.59. The molecule has 1 heterocycles. The van der Waals surface area contributed by atoms with Crippen LogP contribution in [0.25, 0.3) is 0 Å². The predicted octanol–water partition coefficient (Wildman–Crippen LogP) is 2.24. The molecule has 4 unspecified atom stereocenters. The molecule has 0 aromatic rings. The van der Waals surface area contributed by atoms with Crippen molar-refractivity contribution in [1.82, 2.24) is 0 Å². The lowest BCUT2D eigenvalue weighted by Crippen LogP contribution is -2.28. The van der Waals surface area contributed by atoms with Gasteiger partial charge in [-0.1, -0.05) is 13.3 Å². The standard InChI is InChI=1S/C12H24O3Si/c1-4-10(16(13-2)14-3)7-9-5-6-11-12(8-9)15-11/h9-12,16H,4-8H2,1-3H3. The minimum atomic E-state index is -1.43. The zero-order valence-electron chi connectivity index (χ0n) is 10.6. The van der Waals surface area contributed by atoms with Crippen molar-refractivity contribution in [2.24, 2.45) is 5.92 Å². The van der Waals surface area contributed by atoms with Crippen LogP contribution < -0.4 is 0 Å². The Kier molecular flexibility index (Phi) is 4.41. The molecular formula is C12H24O3Si. The molecule has 0 amide bonds. The molecule has 2 fully saturated rings. The minimum absolute atomic E-state index is 0.599. The van der Waals surface area contributed by atoms with E-state index in [1.807, 2.05) is 0 Å². The third-order valence-corrected chi connectivity index (χ3v) is 6.57. The van der Waals surface area contributed by atoms with Crippen LogP contribution >= 0.6 is 0 Å². The Morgan fingerprint density at radius 2 is 2.00 bits per heavy atom. The lowest BCUT2D eigenvalue weighted by molar-refractivity contribution is 0.247. The predicted molar refractivity (Wildman–Crippen MR) is 65.8 cm³/mol. The molecule has 2 rings (SSSR count). The Hall–Kier alpha value is 0.0969. The molecule has 0 radical (unpaired) electrons. The first-order valence-electron chi connectivity index (χ1n) is 6.49. The van der Waals surface area contributed by atoms with E-state index in [2.05, 4.69) is 6.92 Å². The van der Waals surface area contributed by atoms with Gasteiger partial charge in [0.2, 0.25) is 0 Å². The number of fused-ring (bicyclic) bond motifs is 1. The van der Waals surface area contributed by atoms with E-state index in [-0.39, 0.29) is 0 Å². The number of epoxide rings is 1. The fourth-order valence-corrected chi connectivity index (χ4v) is 5.03. The maximum Gasteiger partial charge on any atom is 0.324 e. The summed E-state index contributed by atoms with van der Waals surface area (Å²) in [5.41, 5.74) is 0.662. The summed E-state index contributed by atoms with van der Waals surface area (Å²) in [6, 6.07) is 0. The molecule has 94 valence electrons. The van der Waals surface area contributed by atoms with Crippen LogP contribution in [-0.4, -0.2) is 35.7 Å². The molecule has 0 N–H and O–H groups in total. The Bertz CT molecular complexity index is 220. The van der Waals surface area contributed by atoms with Gasteiger partial charge in [-0.3, -0.25) is 0 Å². The third kappa shape index (κ3) is 2.86.